The quantitative estimate of drug-likeness (QED) is 0.678. The van der Waals surface area contributed by atoms with Gasteiger partial charge >= 0.3 is 0 Å². The van der Waals surface area contributed by atoms with Gasteiger partial charge in [0.05, 0.1) is 17.4 Å². The van der Waals surface area contributed by atoms with E-state index in [1.165, 1.54) is 11.3 Å². The Morgan fingerprint density at radius 1 is 0.966 bits per heavy atom. The van der Waals surface area contributed by atoms with Crippen LogP contribution in [0, 0.1) is 0 Å². The molecule has 0 bridgehead atoms. The Balaban J connectivity index is 1.42. The molecule has 0 unspecified atom stereocenters. The Kier molecular flexibility index (Phi) is 4.43. The number of likely N-dealkylation sites (tertiary alicyclic amines) is 1. The van der Waals surface area contributed by atoms with Gasteiger partial charge in [-0.3, -0.25) is 14.7 Å². The standard InChI is InChI=1S/C23H25N5O/c1-26-15-16-28-20(18-5-3-2-4-6-18)17-25-22(28)23(26)9-13-27(14-10-23)21(29)19-7-11-24-12-8-19/h2-8,11-12,17H,9-10,13-16H2,1H3. The number of amides is 1. The van der Waals surface area contributed by atoms with E-state index >= 15 is 0 Å². The zero-order valence-electron chi connectivity index (χ0n) is 16.7. The highest BCUT2D eigenvalue weighted by molar-refractivity contribution is 5.94. The van der Waals surface area contributed by atoms with Crippen LogP contribution in [0.1, 0.15) is 29.0 Å². The van der Waals surface area contributed by atoms with Crippen LogP contribution in [0.4, 0.5) is 0 Å². The van der Waals surface area contributed by atoms with Crippen molar-refractivity contribution in [1.82, 2.24) is 24.3 Å². The van der Waals surface area contributed by atoms with Gasteiger partial charge in [0, 0.05) is 44.1 Å². The van der Waals surface area contributed by atoms with E-state index in [4.69, 9.17) is 4.98 Å². The fraction of sp³-hybridized carbons (Fsp3) is 0.348. The Hall–Kier alpha value is -2.99. The third-order valence-corrected chi connectivity index (χ3v) is 6.54. The highest BCUT2D eigenvalue weighted by atomic mass is 16.2. The number of pyridine rings is 1. The third-order valence-electron chi connectivity index (χ3n) is 6.54. The molecule has 3 aromatic rings. The Morgan fingerprint density at radius 3 is 2.41 bits per heavy atom. The Labute approximate surface area is 170 Å². The lowest BCUT2D eigenvalue weighted by Gasteiger charge is -2.49. The van der Waals surface area contributed by atoms with Crippen LogP contribution in [0.3, 0.4) is 0 Å². The fourth-order valence-electron chi connectivity index (χ4n) is 4.81. The molecule has 0 radical (unpaired) electrons. The monoisotopic (exact) mass is 387 g/mol. The van der Waals surface area contributed by atoms with Crippen LogP contribution in [0.2, 0.25) is 0 Å². The van der Waals surface area contributed by atoms with Crippen LogP contribution in [0.5, 0.6) is 0 Å². The average molecular weight is 387 g/mol. The van der Waals surface area contributed by atoms with Crippen molar-refractivity contribution in [2.24, 2.45) is 0 Å². The van der Waals surface area contributed by atoms with Gasteiger partial charge < -0.3 is 9.47 Å². The maximum absolute atomic E-state index is 12.9. The maximum Gasteiger partial charge on any atom is 0.253 e. The molecule has 1 saturated heterocycles. The molecule has 2 aliphatic heterocycles. The van der Waals surface area contributed by atoms with Gasteiger partial charge in [0.1, 0.15) is 5.82 Å². The second kappa shape index (κ2) is 7.12. The molecule has 0 aliphatic carbocycles. The molecule has 1 amide bonds. The number of hydrogen-bond acceptors (Lipinski definition) is 4. The summed E-state index contributed by atoms with van der Waals surface area (Å²) in [5, 5.41) is 0. The molecule has 1 aromatic carbocycles. The molecule has 1 fully saturated rings. The van der Waals surface area contributed by atoms with Crippen molar-refractivity contribution in [3.8, 4) is 11.3 Å². The van der Waals surface area contributed by atoms with Gasteiger partial charge in [-0.15, -0.1) is 0 Å². The number of benzene rings is 1. The molecule has 29 heavy (non-hydrogen) atoms. The van der Waals surface area contributed by atoms with Crippen molar-refractivity contribution in [1.29, 1.82) is 0 Å². The summed E-state index contributed by atoms with van der Waals surface area (Å²) in [6.45, 7) is 3.40. The van der Waals surface area contributed by atoms with Crippen LogP contribution >= 0.6 is 0 Å². The summed E-state index contributed by atoms with van der Waals surface area (Å²) in [6.07, 6.45) is 7.15. The van der Waals surface area contributed by atoms with Crippen LogP contribution in [0.25, 0.3) is 11.3 Å². The molecule has 0 atom stereocenters. The van der Waals surface area contributed by atoms with E-state index in [9.17, 15) is 4.79 Å². The van der Waals surface area contributed by atoms with E-state index in [2.05, 4.69) is 45.8 Å². The van der Waals surface area contributed by atoms with E-state index in [0.29, 0.717) is 5.56 Å². The van der Waals surface area contributed by atoms with Crippen LogP contribution < -0.4 is 0 Å². The number of likely N-dealkylation sites (N-methyl/N-ethyl adjacent to an activating group) is 1. The molecule has 2 aliphatic rings. The summed E-state index contributed by atoms with van der Waals surface area (Å²) in [6, 6.07) is 14.1. The second-order valence-electron chi connectivity index (χ2n) is 7.97. The molecule has 0 N–H and O–H groups in total. The fourth-order valence-corrected chi connectivity index (χ4v) is 4.81. The zero-order valence-corrected chi connectivity index (χ0v) is 16.7. The number of fused-ring (bicyclic) bond motifs is 2. The minimum Gasteiger partial charge on any atom is -0.338 e. The number of hydrogen-bond donors (Lipinski definition) is 0. The van der Waals surface area contributed by atoms with E-state index in [1.807, 2.05) is 17.2 Å². The number of aromatic nitrogens is 3. The van der Waals surface area contributed by atoms with Crippen molar-refractivity contribution >= 4 is 5.91 Å². The predicted octanol–water partition coefficient (Wildman–Crippen LogP) is 3.02. The number of nitrogens with zero attached hydrogens (tertiary/aromatic N) is 5. The Morgan fingerprint density at radius 2 is 1.69 bits per heavy atom. The molecule has 1 spiro atoms. The van der Waals surface area contributed by atoms with E-state index in [0.717, 1.165) is 44.8 Å². The smallest absolute Gasteiger partial charge is 0.253 e. The molecule has 148 valence electrons. The first-order valence-corrected chi connectivity index (χ1v) is 10.2. The van der Waals surface area contributed by atoms with Gasteiger partial charge in [-0.05, 0) is 37.6 Å². The average Bonchev–Trinajstić information content (AvgIpc) is 3.23. The second-order valence-corrected chi connectivity index (χ2v) is 7.97. The van der Waals surface area contributed by atoms with Crippen molar-refractivity contribution in [2.75, 3.05) is 26.7 Å². The topological polar surface area (TPSA) is 54.3 Å². The van der Waals surface area contributed by atoms with Gasteiger partial charge in [-0.1, -0.05) is 30.3 Å². The van der Waals surface area contributed by atoms with Crippen molar-refractivity contribution < 1.29 is 4.79 Å². The number of rotatable bonds is 2. The number of imidazole rings is 1. The van der Waals surface area contributed by atoms with E-state index in [-0.39, 0.29) is 11.4 Å². The SMILES string of the molecule is CN1CCn2c(-c3ccccc3)cnc2C12CCN(C(=O)c1ccncc1)CC2. The maximum atomic E-state index is 12.9. The number of piperidine rings is 1. The summed E-state index contributed by atoms with van der Waals surface area (Å²) in [7, 11) is 2.20. The number of carbonyl (C=O) groups excluding carboxylic acids is 1. The predicted molar refractivity (Wildman–Crippen MR) is 111 cm³/mol. The highest BCUT2D eigenvalue weighted by Crippen LogP contribution is 2.41. The number of carbonyl (C=O) groups is 1. The lowest BCUT2D eigenvalue weighted by Crippen LogP contribution is -2.57. The summed E-state index contributed by atoms with van der Waals surface area (Å²) < 4.78 is 2.38. The van der Waals surface area contributed by atoms with Crippen molar-refractivity contribution in [2.45, 2.75) is 24.9 Å². The normalized spacial score (nSPS) is 18.6. The van der Waals surface area contributed by atoms with Crippen molar-refractivity contribution in [3.63, 3.8) is 0 Å². The first-order chi connectivity index (χ1) is 14.2. The molecule has 6 heteroatoms. The van der Waals surface area contributed by atoms with Gasteiger partial charge in [-0.25, -0.2) is 4.98 Å². The highest BCUT2D eigenvalue weighted by Gasteiger charge is 2.46. The molecule has 4 heterocycles. The molecular formula is C23H25N5O. The lowest BCUT2D eigenvalue weighted by atomic mass is 9.83. The van der Waals surface area contributed by atoms with Crippen LogP contribution in [0.15, 0.2) is 61.1 Å². The molecular weight excluding hydrogens is 362 g/mol. The lowest BCUT2D eigenvalue weighted by molar-refractivity contribution is 0.0101. The van der Waals surface area contributed by atoms with Gasteiger partial charge in [0.15, 0.2) is 0 Å². The van der Waals surface area contributed by atoms with Crippen LogP contribution in [-0.2, 0) is 12.1 Å². The van der Waals surface area contributed by atoms with E-state index in [1.54, 1.807) is 24.5 Å². The molecule has 5 rings (SSSR count). The minimum absolute atomic E-state index is 0.0917. The van der Waals surface area contributed by atoms with Gasteiger partial charge in [-0.2, -0.15) is 0 Å². The summed E-state index contributed by atoms with van der Waals surface area (Å²) >= 11 is 0. The Bertz CT molecular complexity index is 1010. The zero-order chi connectivity index (χ0) is 19.8. The third kappa shape index (κ3) is 2.95. The van der Waals surface area contributed by atoms with Gasteiger partial charge in [0.25, 0.3) is 5.91 Å². The largest absolute Gasteiger partial charge is 0.338 e. The molecule has 0 saturated carbocycles. The van der Waals surface area contributed by atoms with Gasteiger partial charge in [0.2, 0.25) is 0 Å². The van der Waals surface area contributed by atoms with E-state index < -0.39 is 0 Å². The first-order valence-electron chi connectivity index (χ1n) is 10.2. The van der Waals surface area contributed by atoms with Crippen LogP contribution in [-0.4, -0.2) is 56.9 Å². The minimum atomic E-state index is -0.111. The first kappa shape index (κ1) is 18.1. The summed E-state index contributed by atoms with van der Waals surface area (Å²) in [5.74, 6) is 1.23. The summed E-state index contributed by atoms with van der Waals surface area (Å²) in [5.41, 5.74) is 2.99. The molecule has 6 nitrogen and oxygen atoms in total. The van der Waals surface area contributed by atoms with Crippen molar-refractivity contribution in [3.05, 3.63) is 72.4 Å². The summed E-state index contributed by atoms with van der Waals surface area (Å²) in [4.78, 5) is 26.2. The molecule has 2 aromatic heterocycles.